The minimum Gasteiger partial charge on any atom is -0.389 e. The lowest BCUT2D eigenvalue weighted by Crippen LogP contribution is -2.59. The molecule has 4 rings (SSSR count). The van der Waals surface area contributed by atoms with Crippen LogP contribution in [0.3, 0.4) is 0 Å². The average molecular weight is 288 g/mol. The first-order valence-electron chi connectivity index (χ1n) is 8.85. The molecule has 3 saturated carbocycles. The molecule has 5 atom stereocenters. The van der Waals surface area contributed by atoms with Gasteiger partial charge in [-0.2, -0.15) is 0 Å². The molecule has 21 heavy (non-hydrogen) atoms. The number of carbonyl (C=O) groups excluding carboxylic acids is 1. The summed E-state index contributed by atoms with van der Waals surface area (Å²) in [5.74, 6) is 1.36. The zero-order chi connectivity index (χ0) is 14.9. The van der Waals surface area contributed by atoms with Crippen LogP contribution in [0.25, 0.3) is 0 Å². The fourth-order valence-electron chi connectivity index (χ4n) is 6.52. The van der Waals surface area contributed by atoms with Crippen molar-refractivity contribution in [2.24, 2.45) is 22.7 Å². The van der Waals surface area contributed by atoms with Gasteiger partial charge in [-0.05, 0) is 80.1 Å². The highest BCUT2D eigenvalue weighted by Crippen LogP contribution is 2.66. The van der Waals surface area contributed by atoms with Gasteiger partial charge in [0.2, 0.25) is 0 Å². The van der Waals surface area contributed by atoms with E-state index < -0.39 is 5.60 Å². The number of ketones is 1. The Hall–Kier alpha value is -0.630. The van der Waals surface area contributed by atoms with Crippen molar-refractivity contribution in [3.8, 4) is 0 Å². The van der Waals surface area contributed by atoms with Gasteiger partial charge in [-0.3, -0.25) is 4.79 Å². The van der Waals surface area contributed by atoms with Gasteiger partial charge in [-0.1, -0.05) is 19.4 Å². The van der Waals surface area contributed by atoms with Gasteiger partial charge >= 0.3 is 0 Å². The van der Waals surface area contributed by atoms with Gasteiger partial charge in [0.05, 0.1) is 5.60 Å². The second kappa shape index (κ2) is 4.22. The largest absolute Gasteiger partial charge is 0.389 e. The third-order valence-electron chi connectivity index (χ3n) is 7.94. The van der Waals surface area contributed by atoms with Gasteiger partial charge in [0.25, 0.3) is 0 Å². The van der Waals surface area contributed by atoms with Crippen LogP contribution >= 0.6 is 0 Å². The van der Waals surface area contributed by atoms with Crippen molar-refractivity contribution in [3.63, 3.8) is 0 Å². The molecule has 3 fully saturated rings. The molecule has 0 heterocycles. The number of carbonyl (C=O) groups is 1. The molecule has 0 aromatic heterocycles. The maximum atomic E-state index is 11.8. The van der Waals surface area contributed by atoms with Crippen molar-refractivity contribution in [1.29, 1.82) is 0 Å². The monoisotopic (exact) mass is 288 g/mol. The smallest absolute Gasteiger partial charge is 0.155 e. The third-order valence-corrected chi connectivity index (χ3v) is 7.94. The molecule has 2 nitrogen and oxygen atoms in total. The molecule has 0 aromatic carbocycles. The van der Waals surface area contributed by atoms with E-state index in [2.05, 4.69) is 13.8 Å². The molecular formula is C19H28O2. The summed E-state index contributed by atoms with van der Waals surface area (Å²) in [5.41, 5.74) is 1.28. The van der Waals surface area contributed by atoms with Gasteiger partial charge in [0.15, 0.2) is 5.78 Å². The lowest BCUT2D eigenvalue weighted by molar-refractivity contribution is -0.173. The second-order valence-corrected chi connectivity index (χ2v) is 8.68. The zero-order valence-electron chi connectivity index (χ0n) is 13.5. The summed E-state index contributed by atoms with van der Waals surface area (Å²) >= 11 is 0. The first kappa shape index (κ1) is 14.0. The molecule has 0 aromatic rings. The van der Waals surface area contributed by atoms with Crippen LogP contribution in [0.2, 0.25) is 0 Å². The van der Waals surface area contributed by atoms with E-state index in [1.165, 1.54) is 31.3 Å². The van der Waals surface area contributed by atoms with E-state index in [0.29, 0.717) is 24.0 Å². The molecule has 0 bridgehead atoms. The zero-order valence-corrected chi connectivity index (χ0v) is 13.5. The Bertz CT molecular complexity index is 522. The van der Waals surface area contributed by atoms with Crippen molar-refractivity contribution >= 4 is 5.78 Å². The van der Waals surface area contributed by atoms with Crippen molar-refractivity contribution in [2.45, 2.75) is 77.2 Å². The van der Waals surface area contributed by atoms with E-state index in [-0.39, 0.29) is 10.8 Å². The van der Waals surface area contributed by atoms with Crippen molar-refractivity contribution in [1.82, 2.24) is 0 Å². The maximum Gasteiger partial charge on any atom is 0.155 e. The molecule has 4 unspecified atom stereocenters. The van der Waals surface area contributed by atoms with E-state index in [0.717, 1.165) is 25.7 Å². The first-order valence-corrected chi connectivity index (χ1v) is 8.85. The fraction of sp³-hybridized carbons (Fsp3) is 0.842. The maximum absolute atomic E-state index is 11.8. The molecular weight excluding hydrogens is 260 g/mol. The summed E-state index contributed by atoms with van der Waals surface area (Å²) in [6.45, 7) is 4.71. The van der Waals surface area contributed by atoms with E-state index in [1.54, 1.807) is 0 Å². The van der Waals surface area contributed by atoms with Gasteiger partial charge in [-0.15, -0.1) is 0 Å². The lowest BCUT2D eigenvalue weighted by Gasteiger charge is -2.60. The number of allylic oxidation sites excluding steroid dienone is 1. The number of fused-ring (bicyclic) bond motifs is 5. The lowest BCUT2D eigenvalue weighted by atomic mass is 9.46. The Kier molecular flexibility index (Phi) is 2.81. The van der Waals surface area contributed by atoms with Gasteiger partial charge in [0, 0.05) is 6.42 Å². The average Bonchev–Trinajstić information content (AvgIpc) is 2.75. The first-order chi connectivity index (χ1) is 9.89. The highest BCUT2D eigenvalue weighted by molar-refractivity contribution is 5.91. The summed E-state index contributed by atoms with van der Waals surface area (Å²) in [7, 11) is 0. The van der Waals surface area contributed by atoms with Crippen LogP contribution in [0.15, 0.2) is 11.6 Å². The summed E-state index contributed by atoms with van der Waals surface area (Å²) in [6.07, 6.45) is 11.6. The minimum absolute atomic E-state index is 0.149. The fourth-order valence-corrected chi connectivity index (χ4v) is 6.52. The molecule has 2 heteroatoms. The van der Waals surface area contributed by atoms with Gasteiger partial charge in [-0.25, -0.2) is 0 Å². The van der Waals surface area contributed by atoms with E-state index in [4.69, 9.17) is 0 Å². The SMILES string of the molecule is CC12CCC(=O)C=C1CCC1C2CCC2(C)CCC[C@@]12O. The summed E-state index contributed by atoms with van der Waals surface area (Å²) in [6, 6.07) is 0. The number of rotatable bonds is 0. The third kappa shape index (κ3) is 1.66. The van der Waals surface area contributed by atoms with Gasteiger partial charge in [0.1, 0.15) is 0 Å². The normalized spacial score (nSPS) is 52.7. The Morgan fingerprint density at radius 1 is 1.05 bits per heavy atom. The molecule has 116 valence electrons. The number of aliphatic hydroxyl groups is 1. The van der Waals surface area contributed by atoms with E-state index in [1.807, 2.05) is 6.08 Å². The Labute approximate surface area is 128 Å². The molecule has 1 N–H and O–H groups in total. The Morgan fingerprint density at radius 2 is 1.86 bits per heavy atom. The van der Waals surface area contributed by atoms with Crippen LogP contribution < -0.4 is 0 Å². The van der Waals surface area contributed by atoms with Crippen LogP contribution in [0.4, 0.5) is 0 Å². The second-order valence-electron chi connectivity index (χ2n) is 8.68. The number of hydrogen-bond acceptors (Lipinski definition) is 2. The molecule has 4 aliphatic rings. The summed E-state index contributed by atoms with van der Waals surface area (Å²) in [5, 5.41) is 11.5. The minimum atomic E-state index is -0.439. The molecule has 0 spiro atoms. The van der Waals surface area contributed by atoms with E-state index in [9.17, 15) is 9.90 Å². The Balaban J connectivity index is 1.74. The summed E-state index contributed by atoms with van der Waals surface area (Å²) in [4.78, 5) is 11.8. The highest BCUT2D eigenvalue weighted by Gasteiger charge is 2.63. The summed E-state index contributed by atoms with van der Waals surface area (Å²) < 4.78 is 0. The van der Waals surface area contributed by atoms with Crippen LogP contribution in [-0.4, -0.2) is 16.5 Å². The van der Waals surface area contributed by atoms with Crippen molar-refractivity contribution < 1.29 is 9.90 Å². The number of hydrogen-bond donors (Lipinski definition) is 1. The quantitative estimate of drug-likeness (QED) is 0.731. The predicted octanol–water partition coefficient (Wildman–Crippen LogP) is 4.02. The molecule has 4 aliphatic carbocycles. The molecule has 0 saturated heterocycles. The predicted molar refractivity (Wildman–Crippen MR) is 82.8 cm³/mol. The highest BCUT2D eigenvalue weighted by atomic mass is 16.3. The van der Waals surface area contributed by atoms with Crippen molar-refractivity contribution in [2.75, 3.05) is 0 Å². The van der Waals surface area contributed by atoms with Gasteiger partial charge < -0.3 is 5.11 Å². The standard InChI is InChI=1S/C19H28O2/c1-17-8-3-9-19(17,21)16-5-4-13-12-14(20)6-11-18(13,2)15(16)7-10-17/h12,15-16,21H,3-11H2,1-2H3/t15?,16?,17?,18?,19-/m1/s1. The van der Waals surface area contributed by atoms with Crippen LogP contribution in [0.1, 0.15) is 71.6 Å². The molecule has 0 radical (unpaired) electrons. The molecule has 0 aliphatic heterocycles. The van der Waals surface area contributed by atoms with Crippen LogP contribution in [-0.2, 0) is 4.79 Å². The topological polar surface area (TPSA) is 37.3 Å². The van der Waals surface area contributed by atoms with E-state index >= 15 is 0 Å². The Morgan fingerprint density at radius 3 is 2.67 bits per heavy atom. The van der Waals surface area contributed by atoms with Crippen molar-refractivity contribution in [3.05, 3.63) is 11.6 Å². The van der Waals surface area contributed by atoms with Crippen LogP contribution in [0, 0.1) is 22.7 Å². The molecule has 0 amide bonds. The van der Waals surface area contributed by atoms with Crippen LogP contribution in [0.5, 0.6) is 0 Å².